The summed E-state index contributed by atoms with van der Waals surface area (Å²) in [6.07, 6.45) is 0. The van der Waals surface area contributed by atoms with E-state index in [1.807, 2.05) is 0 Å². The predicted molar refractivity (Wildman–Crippen MR) is 107 cm³/mol. The van der Waals surface area contributed by atoms with Crippen molar-refractivity contribution >= 4 is 27.8 Å². The smallest absolute Gasteiger partial charge is 0.337 e. The molecule has 0 saturated carbocycles. The van der Waals surface area contributed by atoms with Crippen molar-refractivity contribution < 1.29 is 22.3 Å². The van der Waals surface area contributed by atoms with Crippen molar-refractivity contribution in [2.45, 2.75) is 12.6 Å². The summed E-state index contributed by atoms with van der Waals surface area (Å²) in [5, 5.41) is 3.10. The standard InChI is InChI=1S/C19H21ClFN3O4S/c1-28-19(25)14-4-2-13(3-5-14)11-23-29(26,27)24-9-8-22-12-18(24)15-6-7-17(21)16(20)10-15/h2-7,10,18,22-23H,8-9,11-12H2,1H3. The van der Waals surface area contributed by atoms with E-state index in [2.05, 4.69) is 14.8 Å². The maximum atomic E-state index is 13.5. The lowest BCUT2D eigenvalue weighted by Gasteiger charge is -2.35. The van der Waals surface area contributed by atoms with Crippen molar-refractivity contribution in [1.29, 1.82) is 0 Å². The molecule has 1 saturated heterocycles. The number of rotatable bonds is 6. The second-order valence-corrected chi connectivity index (χ2v) is 8.63. The Morgan fingerprint density at radius 3 is 2.69 bits per heavy atom. The fourth-order valence-electron chi connectivity index (χ4n) is 3.11. The Bertz CT molecular complexity index is 985. The average Bonchev–Trinajstić information content (AvgIpc) is 2.74. The molecule has 2 aromatic rings. The van der Waals surface area contributed by atoms with Crippen LogP contribution in [0.1, 0.15) is 27.5 Å². The average molecular weight is 442 g/mol. The SMILES string of the molecule is COC(=O)c1ccc(CNS(=O)(=O)N2CCNCC2c2ccc(F)c(Cl)c2)cc1. The first kappa shape index (κ1) is 21.7. The number of ether oxygens (including phenoxy) is 1. The van der Waals surface area contributed by atoms with Crippen LogP contribution in [0.4, 0.5) is 4.39 Å². The van der Waals surface area contributed by atoms with Crippen molar-refractivity contribution in [2.24, 2.45) is 0 Å². The first-order chi connectivity index (χ1) is 13.8. The van der Waals surface area contributed by atoms with Gasteiger partial charge in [0.2, 0.25) is 0 Å². The van der Waals surface area contributed by atoms with Crippen LogP contribution in [0, 0.1) is 5.82 Å². The van der Waals surface area contributed by atoms with Crippen molar-refractivity contribution in [2.75, 3.05) is 26.7 Å². The third kappa shape index (κ3) is 5.12. The summed E-state index contributed by atoms with van der Waals surface area (Å²) in [4.78, 5) is 11.5. The van der Waals surface area contributed by atoms with Crippen LogP contribution in [0.2, 0.25) is 5.02 Å². The van der Waals surface area contributed by atoms with E-state index in [1.165, 1.54) is 29.6 Å². The van der Waals surface area contributed by atoms with E-state index in [-0.39, 0.29) is 18.1 Å². The first-order valence-electron chi connectivity index (χ1n) is 8.91. The Balaban J connectivity index is 1.74. The van der Waals surface area contributed by atoms with Crippen molar-refractivity contribution in [3.63, 3.8) is 0 Å². The van der Waals surface area contributed by atoms with E-state index in [9.17, 15) is 17.6 Å². The number of hydrogen-bond acceptors (Lipinski definition) is 5. The van der Waals surface area contributed by atoms with Crippen LogP contribution in [0.3, 0.4) is 0 Å². The van der Waals surface area contributed by atoms with Crippen LogP contribution in [0.5, 0.6) is 0 Å². The molecule has 1 aliphatic rings. The molecule has 0 spiro atoms. The van der Waals surface area contributed by atoms with E-state index in [0.29, 0.717) is 29.8 Å². The van der Waals surface area contributed by atoms with Gasteiger partial charge in [-0.1, -0.05) is 29.8 Å². The molecule has 29 heavy (non-hydrogen) atoms. The summed E-state index contributed by atoms with van der Waals surface area (Å²) in [7, 11) is -2.52. The maximum absolute atomic E-state index is 13.5. The quantitative estimate of drug-likeness (QED) is 0.671. The number of carbonyl (C=O) groups excluding carboxylic acids is 1. The highest BCUT2D eigenvalue weighted by Crippen LogP contribution is 2.28. The lowest BCUT2D eigenvalue weighted by molar-refractivity contribution is 0.0600. The van der Waals surface area contributed by atoms with Gasteiger partial charge in [0.15, 0.2) is 0 Å². The van der Waals surface area contributed by atoms with Crippen LogP contribution < -0.4 is 10.0 Å². The molecule has 1 fully saturated rings. The summed E-state index contributed by atoms with van der Waals surface area (Å²) in [5.41, 5.74) is 1.68. The van der Waals surface area contributed by atoms with Gasteiger partial charge >= 0.3 is 5.97 Å². The molecular weight excluding hydrogens is 421 g/mol. The summed E-state index contributed by atoms with van der Waals surface area (Å²) < 4.78 is 47.9. The molecule has 10 heteroatoms. The topological polar surface area (TPSA) is 87.7 Å². The Morgan fingerprint density at radius 1 is 1.31 bits per heavy atom. The Kier molecular flexibility index (Phi) is 6.86. The number of hydrogen-bond donors (Lipinski definition) is 2. The molecule has 0 bridgehead atoms. The molecule has 156 valence electrons. The van der Waals surface area contributed by atoms with Gasteiger partial charge in [-0.15, -0.1) is 0 Å². The molecular formula is C19H21ClFN3O4S. The normalized spacial score (nSPS) is 17.8. The first-order valence-corrected chi connectivity index (χ1v) is 10.7. The molecule has 7 nitrogen and oxygen atoms in total. The van der Waals surface area contributed by atoms with Gasteiger partial charge in [-0.05, 0) is 35.4 Å². The summed E-state index contributed by atoms with van der Waals surface area (Å²) in [6.45, 7) is 1.21. The van der Waals surface area contributed by atoms with Crippen LogP contribution >= 0.6 is 11.6 Å². The van der Waals surface area contributed by atoms with Gasteiger partial charge in [-0.3, -0.25) is 0 Å². The number of carbonyl (C=O) groups is 1. The molecule has 0 aliphatic carbocycles. The third-order valence-electron chi connectivity index (χ3n) is 4.67. The molecule has 1 atom stereocenters. The van der Waals surface area contributed by atoms with Gasteiger partial charge in [0, 0.05) is 26.2 Å². The van der Waals surface area contributed by atoms with E-state index in [4.69, 9.17) is 11.6 Å². The number of nitrogens with one attached hydrogen (secondary N) is 2. The Morgan fingerprint density at radius 2 is 2.03 bits per heavy atom. The van der Waals surface area contributed by atoms with Crippen LogP contribution in [0.25, 0.3) is 0 Å². The van der Waals surface area contributed by atoms with Crippen molar-refractivity contribution in [3.8, 4) is 0 Å². The lowest BCUT2D eigenvalue weighted by Crippen LogP contribution is -2.52. The molecule has 1 aliphatic heterocycles. The molecule has 1 unspecified atom stereocenters. The van der Waals surface area contributed by atoms with Crippen LogP contribution in [0.15, 0.2) is 42.5 Å². The van der Waals surface area contributed by atoms with E-state index < -0.39 is 28.0 Å². The van der Waals surface area contributed by atoms with Crippen LogP contribution in [-0.2, 0) is 21.5 Å². The monoisotopic (exact) mass is 441 g/mol. The maximum Gasteiger partial charge on any atom is 0.337 e. The van der Waals surface area contributed by atoms with Gasteiger partial charge in [-0.25, -0.2) is 9.18 Å². The number of benzene rings is 2. The Labute approximate surface area is 174 Å². The highest BCUT2D eigenvalue weighted by molar-refractivity contribution is 7.87. The fraction of sp³-hybridized carbons (Fsp3) is 0.316. The van der Waals surface area contributed by atoms with Gasteiger partial charge in [0.05, 0.1) is 23.7 Å². The summed E-state index contributed by atoms with van der Waals surface area (Å²) in [6, 6.07) is 10.2. The minimum absolute atomic E-state index is 0.0518. The zero-order chi connectivity index (χ0) is 21.0. The molecule has 0 amide bonds. The molecule has 1 heterocycles. The summed E-state index contributed by atoms with van der Waals surface area (Å²) in [5.74, 6) is -1.01. The zero-order valence-corrected chi connectivity index (χ0v) is 17.3. The number of esters is 1. The molecule has 0 aromatic heterocycles. The van der Waals surface area contributed by atoms with Gasteiger partial charge in [0.1, 0.15) is 5.82 Å². The van der Waals surface area contributed by atoms with E-state index >= 15 is 0 Å². The molecule has 2 N–H and O–H groups in total. The second-order valence-electron chi connectivity index (χ2n) is 6.52. The Hall–Kier alpha value is -2.04. The van der Waals surface area contributed by atoms with Crippen molar-refractivity contribution in [3.05, 3.63) is 70.0 Å². The van der Waals surface area contributed by atoms with E-state index in [1.54, 1.807) is 24.3 Å². The molecule has 3 rings (SSSR count). The lowest BCUT2D eigenvalue weighted by atomic mass is 10.1. The zero-order valence-electron chi connectivity index (χ0n) is 15.7. The fourth-order valence-corrected chi connectivity index (χ4v) is 4.68. The minimum Gasteiger partial charge on any atom is -0.465 e. The van der Waals surface area contributed by atoms with E-state index in [0.717, 1.165) is 0 Å². The number of methoxy groups -OCH3 is 1. The third-order valence-corrected chi connectivity index (χ3v) is 6.52. The highest BCUT2D eigenvalue weighted by atomic mass is 35.5. The van der Waals surface area contributed by atoms with Crippen molar-refractivity contribution in [1.82, 2.24) is 14.3 Å². The van der Waals surface area contributed by atoms with Gasteiger partial charge in [0.25, 0.3) is 10.2 Å². The predicted octanol–water partition coefficient (Wildman–Crippen LogP) is 2.25. The summed E-state index contributed by atoms with van der Waals surface area (Å²) >= 11 is 5.87. The number of piperazine rings is 1. The highest BCUT2D eigenvalue weighted by Gasteiger charge is 2.33. The van der Waals surface area contributed by atoms with Gasteiger partial charge in [-0.2, -0.15) is 17.4 Å². The van der Waals surface area contributed by atoms with Gasteiger partial charge < -0.3 is 10.1 Å². The minimum atomic E-state index is -3.82. The largest absolute Gasteiger partial charge is 0.465 e. The molecule has 0 radical (unpaired) electrons. The second kappa shape index (κ2) is 9.19. The number of halogens is 2. The van der Waals surface area contributed by atoms with Crippen LogP contribution in [-0.4, -0.2) is 45.4 Å². The number of nitrogens with zero attached hydrogens (tertiary/aromatic N) is 1. The molecule has 2 aromatic carbocycles.